The summed E-state index contributed by atoms with van der Waals surface area (Å²) in [6.45, 7) is 1.51. The van der Waals surface area contributed by atoms with E-state index in [1.165, 1.54) is 21.1 Å². The van der Waals surface area contributed by atoms with Crippen molar-refractivity contribution in [3.63, 3.8) is 0 Å². The molecule has 0 radical (unpaired) electrons. The zero-order valence-electron chi connectivity index (χ0n) is 19.2. The van der Waals surface area contributed by atoms with Crippen molar-refractivity contribution in [2.75, 3.05) is 27.9 Å². The van der Waals surface area contributed by atoms with Crippen molar-refractivity contribution in [1.29, 1.82) is 0 Å². The number of halogens is 6. The van der Waals surface area contributed by atoms with E-state index in [0.29, 0.717) is 0 Å². The highest BCUT2D eigenvalue weighted by molar-refractivity contribution is 6.16. The molecule has 1 aliphatic heterocycles. The zero-order valence-corrected chi connectivity index (χ0v) is 19.2. The number of benzene rings is 1. The monoisotopic (exact) mass is 519 g/mol. The van der Waals surface area contributed by atoms with Crippen LogP contribution in [0.5, 0.6) is 23.3 Å². The maximum atomic E-state index is 16.5. The van der Waals surface area contributed by atoms with Gasteiger partial charge in [-0.1, -0.05) is 0 Å². The predicted octanol–water partition coefficient (Wildman–Crippen LogP) is 3.74. The quantitative estimate of drug-likeness (QED) is 0.459. The molecule has 0 spiro atoms. The highest BCUT2D eigenvalue weighted by Gasteiger charge is 2.77. The number of hydrogen-bond acceptors (Lipinski definition) is 8. The van der Waals surface area contributed by atoms with E-state index >= 15 is 13.2 Å². The van der Waals surface area contributed by atoms with Crippen LogP contribution in [0.3, 0.4) is 0 Å². The number of alkyl halides is 4. The summed E-state index contributed by atoms with van der Waals surface area (Å²) >= 11 is 0. The average molecular weight is 519 g/mol. The Kier molecular flexibility index (Phi) is 6.06. The predicted molar refractivity (Wildman–Crippen MR) is 112 cm³/mol. The van der Waals surface area contributed by atoms with Crippen LogP contribution in [0.2, 0.25) is 0 Å². The second-order valence-corrected chi connectivity index (χ2v) is 7.75. The first-order valence-electron chi connectivity index (χ1n) is 10.3. The number of hydrogen-bond donors (Lipinski definition) is 1. The van der Waals surface area contributed by atoms with Crippen LogP contribution < -0.4 is 18.9 Å². The number of aliphatic imine (C=N–C) groups is 1. The summed E-state index contributed by atoms with van der Waals surface area (Å²) in [7, 11) is 3.57. The minimum absolute atomic E-state index is 0.0234. The SMILES string of the molecule is CCOc1cc2c(cc1OC)C(c1cc(OC)nnc1OC)=N[C@]1(F)C(F)=C(F)[C@](O)(F)C(F)[C@]21F. The summed E-state index contributed by atoms with van der Waals surface area (Å²) in [5.41, 5.74) is -6.77. The fraction of sp³-hybridized carbons (Fsp3) is 0.409. The molecule has 36 heavy (non-hydrogen) atoms. The van der Waals surface area contributed by atoms with Crippen LogP contribution in [0.4, 0.5) is 26.3 Å². The van der Waals surface area contributed by atoms with Crippen LogP contribution in [0.1, 0.15) is 23.6 Å². The molecule has 0 saturated heterocycles. The molecule has 1 aliphatic carbocycles. The van der Waals surface area contributed by atoms with Crippen LogP contribution in [0.15, 0.2) is 34.8 Å². The van der Waals surface area contributed by atoms with Crippen LogP contribution >= 0.6 is 0 Å². The third kappa shape index (κ3) is 3.23. The molecule has 2 heterocycles. The highest BCUT2D eigenvalue weighted by Crippen LogP contribution is 2.62. The number of aliphatic hydroxyl groups is 1. The first-order chi connectivity index (χ1) is 16.9. The molecule has 1 unspecified atom stereocenters. The second-order valence-electron chi connectivity index (χ2n) is 7.75. The largest absolute Gasteiger partial charge is 0.493 e. The third-order valence-electron chi connectivity index (χ3n) is 5.87. The van der Waals surface area contributed by atoms with Crippen LogP contribution in [-0.2, 0) is 5.67 Å². The van der Waals surface area contributed by atoms with Crippen LogP contribution in [0.25, 0.3) is 0 Å². The maximum Gasteiger partial charge on any atom is 0.297 e. The lowest BCUT2D eigenvalue weighted by atomic mass is 9.70. The molecule has 14 heteroatoms. The third-order valence-corrected chi connectivity index (χ3v) is 5.87. The van der Waals surface area contributed by atoms with E-state index in [1.807, 2.05) is 0 Å². The summed E-state index contributed by atoms with van der Waals surface area (Å²) < 4.78 is 112. The summed E-state index contributed by atoms with van der Waals surface area (Å²) in [5.74, 6) is -15.9. The average Bonchev–Trinajstić information content (AvgIpc) is 2.88. The van der Waals surface area contributed by atoms with Crippen molar-refractivity contribution < 1.29 is 50.4 Å². The minimum atomic E-state index is -4.84. The van der Waals surface area contributed by atoms with Crippen LogP contribution in [-0.4, -0.2) is 66.8 Å². The highest BCUT2D eigenvalue weighted by atomic mass is 19.2. The molecule has 194 valence electrons. The van der Waals surface area contributed by atoms with E-state index in [9.17, 15) is 18.3 Å². The van der Waals surface area contributed by atoms with Crippen molar-refractivity contribution in [2.45, 2.75) is 30.4 Å². The van der Waals surface area contributed by atoms with Gasteiger partial charge in [-0.05, 0) is 19.1 Å². The van der Waals surface area contributed by atoms with E-state index in [-0.39, 0.29) is 35.4 Å². The van der Waals surface area contributed by atoms with Gasteiger partial charge in [0.05, 0.1) is 39.2 Å². The van der Waals surface area contributed by atoms with Gasteiger partial charge in [0.15, 0.2) is 11.5 Å². The lowest BCUT2D eigenvalue weighted by Gasteiger charge is -2.47. The molecule has 1 aromatic carbocycles. The standard InChI is InChI=1S/C22H19F6N3O5/c1-5-36-13-8-11-9(6-12(13)33-2)15(10-7-14(34-3)30-31-18(10)35-4)29-22(28)17(24)16(23)21(27,32)19(25)20(11,22)26/h6-8,19,32H,5H2,1-4H3/t19?,20-,21-,22-/m1/s1. The van der Waals surface area contributed by atoms with Gasteiger partial charge >= 0.3 is 0 Å². The van der Waals surface area contributed by atoms with Crippen LogP contribution in [0, 0.1) is 0 Å². The van der Waals surface area contributed by atoms with Gasteiger partial charge in [0.2, 0.25) is 35.3 Å². The first-order valence-corrected chi connectivity index (χ1v) is 10.3. The Hall–Kier alpha value is -3.55. The smallest absolute Gasteiger partial charge is 0.297 e. The molecular weight excluding hydrogens is 500 g/mol. The molecule has 1 N–H and O–H groups in total. The number of aromatic nitrogens is 2. The Morgan fingerprint density at radius 2 is 1.61 bits per heavy atom. The van der Waals surface area contributed by atoms with E-state index in [2.05, 4.69) is 15.2 Å². The molecule has 1 aromatic heterocycles. The zero-order chi connectivity index (χ0) is 26.6. The van der Waals surface area contributed by atoms with Gasteiger partial charge in [0.1, 0.15) is 0 Å². The summed E-state index contributed by atoms with van der Waals surface area (Å²) in [4.78, 5) is 3.39. The molecule has 2 aliphatic rings. The van der Waals surface area contributed by atoms with Gasteiger partial charge in [0, 0.05) is 17.2 Å². The second kappa shape index (κ2) is 8.54. The fourth-order valence-corrected chi connectivity index (χ4v) is 4.13. The molecule has 4 atom stereocenters. The first kappa shape index (κ1) is 25.5. The topological polar surface area (TPSA) is 95.3 Å². The van der Waals surface area contributed by atoms with E-state index < -0.39 is 52.0 Å². The lowest BCUT2D eigenvalue weighted by Crippen LogP contribution is -2.64. The van der Waals surface area contributed by atoms with E-state index in [0.717, 1.165) is 25.3 Å². The number of fused-ring (bicyclic) bond motifs is 3. The molecular formula is C22H19F6N3O5. The van der Waals surface area contributed by atoms with Gasteiger partial charge in [0.25, 0.3) is 11.6 Å². The normalized spacial score (nSPS) is 29.2. The Balaban J connectivity index is 2.18. The minimum Gasteiger partial charge on any atom is -0.493 e. The van der Waals surface area contributed by atoms with Crippen molar-refractivity contribution in [3.8, 4) is 23.3 Å². The molecule has 4 rings (SSSR count). The Morgan fingerprint density at radius 1 is 0.917 bits per heavy atom. The Morgan fingerprint density at radius 3 is 2.19 bits per heavy atom. The molecule has 0 amide bonds. The molecule has 2 aromatic rings. The van der Waals surface area contributed by atoms with E-state index in [1.54, 1.807) is 0 Å². The maximum absolute atomic E-state index is 16.5. The molecule has 0 fully saturated rings. The van der Waals surface area contributed by atoms with Crippen molar-refractivity contribution in [1.82, 2.24) is 10.2 Å². The lowest BCUT2D eigenvalue weighted by molar-refractivity contribution is -0.222. The van der Waals surface area contributed by atoms with Crippen molar-refractivity contribution in [2.24, 2.45) is 4.99 Å². The summed E-state index contributed by atoms with van der Waals surface area (Å²) in [6, 6.07) is 2.90. The van der Waals surface area contributed by atoms with Gasteiger partial charge in [-0.2, -0.15) is 0 Å². The Labute approximate surface area is 200 Å². The number of rotatable bonds is 6. The van der Waals surface area contributed by atoms with Crippen molar-refractivity contribution in [3.05, 3.63) is 46.5 Å². The van der Waals surface area contributed by atoms with Gasteiger partial charge in [-0.3, -0.25) is 0 Å². The summed E-state index contributed by atoms with van der Waals surface area (Å²) in [5, 5.41) is 17.0. The molecule has 0 saturated carbocycles. The Bertz CT molecular complexity index is 1290. The van der Waals surface area contributed by atoms with Gasteiger partial charge < -0.3 is 24.1 Å². The number of methoxy groups -OCH3 is 3. The van der Waals surface area contributed by atoms with Crippen molar-refractivity contribution >= 4 is 5.71 Å². The van der Waals surface area contributed by atoms with Gasteiger partial charge in [-0.15, -0.1) is 10.2 Å². The van der Waals surface area contributed by atoms with E-state index in [4.69, 9.17) is 18.9 Å². The molecule has 8 nitrogen and oxygen atoms in total. The number of ether oxygens (including phenoxy) is 4. The van der Waals surface area contributed by atoms with Gasteiger partial charge in [-0.25, -0.2) is 31.3 Å². The fourth-order valence-electron chi connectivity index (χ4n) is 4.13. The molecule has 0 bridgehead atoms. The summed E-state index contributed by atoms with van der Waals surface area (Å²) in [6.07, 6.45) is -3.99. The number of nitrogens with zero attached hydrogens (tertiary/aromatic N) is 3.